The maximum absolute atomic E-state index is 12.1. The lowest BCUT2D eigenvalue weighted by molar-refractivity contribution is -0.207. The number of hydrogen-bond donors (Lipinski definition) is 0. The molecule has 0 N–H and O–H groups in total. The fourth-order valence-electron chi connectivity index (χ4n) is 1.94. The molecule has 0 aromatic heterocycles. The van der Waals surface area contributed by atoms with Gasteiger partial charge in [-0.1, -0.05) is 29.5 Å². The highest BCUT2D eigenvalue weighted by atomic mass is 127. The second-order valence-electron chi connectivity index (χ2n) is 4.63. The normalized spacial score (nSPS) is 24.9. The Balaban J connectivity index is 2.47. The minimum atomic E-state index is -4.99. The topological polar surface area (TPSA) is 52.6 Å². The summed E-state index contributed by atoms with van der Waals surface area (Å²) in [5, 5.41) is 0. The smallest absolute Gasteiger partial charge is 0.461 e. The summed E-state index contributed by atoms with van der Waals surface area (Å²) in [6.07, 6.45) is -4.06. The Bertz CT molecular complexity index is 359. The van der Waals surface area contributed by atoms with E-state index in [0.29, 0.717) is 25.7 Å². The maximum atomic E-state index is 12.1. The van der Waals surface area contributed by atoms with E-state index >= 15 is 0 Å². The molecule has 116 valence electrons. The van der Waals surface area contributed by atoms with Gasteiger partial charge >= 0.3 is 18.1 Å². The summed E-state index contributed by atoms with van der Waals surface area (Å²) in [4.78, 5) is 22.4. The van der Waals surface area contributed by atoms with E-state index < -0.39 is 24.4 Å². The third-order valence-electron chi connectivity index (χ3n) is 2.98. The van der Waals surface area contributed by atoms with Crippen LogP contribution in [0.4, 0.5) is 13.2 Å². The molecule has 0 aromatic rings. The number of hydrogen-bond acceptors (Lipinski definition) is 4. The van der Waals surface area contributed by atoms with E-state index in [1.54, 1.807) is 0 Å². The highest BCUT2D eigenvalue weighted by Crippen LogP contribution is 2.27. The van der Waals surface area contributed by atoms with Gasteiger partial charge in [0.05, 0.1) is 0 Å². The van der Waals surface area contributed by atoms with Crippen molar-refractivity contribution in [3.8, 4) is 0 Å². The quantitative estimate of drug-likeness (QED) is 0.408. The zero-order valence-corrected chi connectivity index (χ0v) is 13.1. The van der Waals surface area contributed by atoms with Crippen LogP contribution >= 0.6 is 22.6 Å². The van der Waals surface area contributed by atoms with Gasteiger partial charge in [0.25, 0.3) is 0 Å². The van der Waals surface area contributed by atoms with Gasteiger partial charge in [-0.3, -0.25) is 4.79 Å². The third-order valence-corrected chi connectivity index (χ3v) is 4.37. The predicted molar refractivity (Wildman–Crippen MR) is 72.4 cm³/mol. The first kappa shape index (κ1) is 17.5. The van der Waals surface area contributed by atoms with E-state index in [9.17, 15) is 22.8 Å². The van der Waals surface area contributed by atoms with Crippen LogP contribution in [-0.2, 0) is 19.1 Å². The van der Waals surface area contributed by atoms with E-state index in [0.717, 1.165) is 0 Å². The molecule has 0 amide bonds. The second kappa shape index (κ2) is 7.46. The molecule has 1 rings (SSSR count). The molecule has 1 aliphatic rings. The summed E-state index contributed by atoms with van der Waals surface area (Å²) in [5.74, 6) is -2.56. The van der Waals surface area contributed by atoms with E-state index in [-0.39, 0.29) is 16.3 Å². The predicted octanol–water partition coefficient (Wildman–Crippen LogP) is 3.16. The van der Waals surface area contributed by atoms with Crippen molar-refractivity contribution >= 4 is 34.5 Å². The van der Waals surface area contributed by atoms with Gasteiger partial charge in [-0.15, -0.1) is 0 Å². The van der Waals surface area contributed by atoms with Crippen LogP contribution in [0.5, 0.6) is 0 Å². The zero-order valence-electron chi connectivity index (χ0n) is 10.9. The van der Waals surface area contributed by atoms with E-state index in [2.05, 4.69) is 4.74 Å². The Kier molecular flexibility index (Phi) is 6.53. The summed E-state index contributed by atoms with van der Waals surface area (Å²) in [6.45, 7) is 1.84. The number of halogens is 4. The van der Waals surface area contributed by atoms with Crippen LogP contribution in [0, 0.1) is 0 Å². The third kappa shape index (κ3) is 5.45. The molecule has 0 aliphatic heterocycles. The van der Waals surface area contributed by atoms with E-state index in [4.69, 9.17) is 4.74 Å². The Morgan fingerprint density at radius 1 is 1.25 bits per heavy atom. The van der Waals surface area contributed by atoms with Gasteiger partial charge < -0.3 is 9.47 Å². The molecule has 3 atom stereocenters. The first-order valence-electron chi connectivity index (χ1n) is 6.36. The molecule has 0 spiro atoms. The van der Waals surface area contributed by atoms with E-state index in [1.165, 1.54) is 0 Å². The van der Waals surface area contributed by atoms with Crippen molar-refractivity contribution in [3.05, 3.63) is 0 Å². The first-order valence-corrected chi connectivity index (χ1v) is 7.61. The molecule has 1 fully saturated rings. The summed E-state index contributed by atoms with van der Waals surface area (Å²) in [7, 11) is 0. The van der Waals surface area contributed by atoms with Crippen molar-refractivity contribution in [3.63, 3.8) is 0 Å². The van der Waals surface area contributed by atoms with Crippen LogP contribution in [0.15, 0.2) is 0 Å². The molecular weight excluding hydrogens is 392 g/mol. The second-order valence-corrected chi connectivity index (χ2v) is 6.13. The SMILES string of the molecule is CCC(I)C(=O)OC1CCCC(OC(=O)C(F)(F)F)C1. The van der Waals surface area contributed by atoms with Gasteiger partial charge in [0, 0.05) is 6.42 Å². The van der Waals surface area contributed by atoms with Crippen LogP contribution < -0.4 is 0 Å². The maximum Gasteiger partial charge on any atom is 0.490 e. The van der Waals surface area contributed by atoms with Crippen molar-refractivity contribution < 1.29 is 32.2 Å². The van der Waals surface area contributed by atoms with Gasteiger partial charge in [-0.05, 0) is 25.7 Å². The monoisotopic (exact) mass is 408 g/mol. The van der Waals surface area contributed by atoms with Crippen molar-refractivity contribution in [2.45, 2.75) is 61.3 Å². The average molecular weight is 408 g/mol. The molecule has 8 heteroatoms. The van der Waals surface area contributed by atoms with E-state index in [1.807, 2.05) is 29.5 Å². The molecule has 0 radical (unpaired) electrons. The summed E-state index contributed by atoms with van der Waals surface area (Å²) < 4.78 is 45.7. The molecule has 20 heavy (non-hydrogen) atoms. The molecule has 0 heterocycles. The highest BCUT2D eigenvalue weighted by molar-refractivity contribution is 14.1. The van der Waals surface area contributed by atoms with Crippen LogP contribution in [0.1, 0.15) is 39.0 Å². The largest absolute Gasteiger partial charge is 0.490 e. The van der Waals surface area contributed by atoms with Crippen molar-refractivity contribution in [1.82, 2.24) is 0 Å². The minimum absolute atomic E-state index is 0.126. The average Bonchev–Trinajstić information content (AvgIpc) is 2.37. The fraction of sp³-hybridized carbons (Fsp3) is 0.833. The van der Waals surface area contributed by atoms with Crippen molar-refractivity contribution in [2.75, 3.05) is 0 Å². The van der Waals surface area contributed by atoms with Gasteiger partial charge in [-0.25, -0.2) is 4.79 Å². The lowest BCUT2D eigenvalue weighted by atomic mass is 9.95. The Labute approximate surface area is 128 Å². The van der Waals surface area contributed by atoms with Crippen molar-refractivity contribution in [1.29, 1.82) is 0 Å². The Morgan fingerprint density at radius 3 is 2.30 bits per heavy atom. The highest BCUT2D eigenvalue weighted by Gasteiger charge is 2.43. The summed E-state index contributed by atoms with van der Waals surface area (Å²) >= 11 is 1.95. The lowest BCUT2D eigenvalue weighted by Gasteiger charge is -2.29. The molecule has 0 saturated heterocycles. The van der Waals surface area contributed by atoms with Crippen LogP contribution in [0.3, 0.4) is 0 Å². The van der Waals surface area contributed by atoms with Gasteiger partial charge in [-0.2, -0.15) is 13.2 Å². The van der Waals surface area contributed by atoms with Gasteiger partial charge in [0.1, 0.15) is 16.1 Å². The Morgan fingerprint density at radius 2 is 1.80 bits per heavy atom. The molecule has 4 nitrogen and oxygen atoms in total. The van der Waals surface area contributed by atoms with Crippen LogP contribution in [0.2, 0.25) is 0 Å². The molecule has 0 aromatic carbocycles. The number of ether oxygens (including phenoxy) is 2. The van der Waals surface area contributed by atoms with Gasteiger partial charge in [0.2, 0.25) is 0 Å². The number of esters is 2. The molecule has 1 saturated carbocycles. The Hall–Kier alpha value is -0.540. The lowest BCUT2D eigenvalue weighted by Crippen LogP contribution is -2.36. The fourth-order valence-corrected chi connectivity index (χ4v) is 2.09. The van der Waals surface area contributed by atoms with Crippen LogP contribution in [0.25, 0.3) is 0 Å². The molecular formula is C12H16F3IO4. The number of rotatable bonds is 4. The number of alkyl halides is 4. The summed E-state index contributed by atoms with van der Waals surface area (Å²) in [6, 6.07) is 0. The molecule has 0 bridgehead atoms. The molecule has 3 unspecified atom stereocenters. The molecule has 1 aliphatic carbocycles. The number of carbonyl (C=O) groups is 2. The zero-order chi connectivity index (χ0) is 15.3. The minimum Gasteiger partial charge on any atom is -0.461 e. The number of carbonyl (C=O) groups excluding carboxylic acids is 2. The van der Waals surface area contributed by atoms with Crippen LogP contribution in [-0.4, -0.2) is 34.2 Å². The summed E-state index contributed by atoms with van der Waals surface area (Å²) in [5.41, 5.74) is 0. The van der Waals surface area contributed by atoms with Crippen molar-refractivity contribution in [2.24, 2.45) is 0 Å². The van der Waals surface area contributed by atoms with Gasteiger partial charge in [0.15, 0.2) is 0 Å². The first-order chi connectivity index (χ1) is 9.24. The standard InChI is InChI=1S/C12H16F3IO4/c1-2-9(16)10(17)19-7-4-3-5-8(6-7)20-11(18)12(13,14)15/h7-9H,2-6H2,1H3.